The molecule has 0 spiro atoms. The summed E-state index contributed by atoms with van der Waals surface area (Å²) >= 11 is 0. The molecule has 1 aromatic carbocycles. The van der Waals surface area contributed by atoms with Crippen LogP contribution in [0.4, 0.5) is 15.8 Å². The Morgan fingerprint density at radius 2 is 2.35 bits per heavy atom. The maximum absolute atomic E-state index is 13.3. The Hall–Kier alpha value is -1.69. The zero-order valence-electron chi connectivity index (χ0n) is 11.5. The molecule has 20 heavy (non-hydrogen) atoms. The Bertz CT molecular complexity index is 479. The SMILES string of the molecule is CCCC1CC(Nc2ccc(F)c([N+](=O)[O-])c2)CCO1. The van der Waals surface area contributed by atoms with E-state index in [1.54, 1.807) is 0 Å². The van der Waals surface area contributed by atoms with E-state index in [9.17, 15) is 14.5 Å². The maximum Gasteiger partial charge on any atom is 0.306 e. The molecule has 1 aromatic rings. The zero-order valence-corrected chi connectivity index (χ0v) is 11.5. The number of hydrogen-bond acceptors (Lipinski definition) is 4. The number of hydrogen-bond donors (Lipinski definition) is 1. The van der Waals surface area contributed by atoms with Crippen LogP contribution in [0.25, 0.3) is 0 Å². The molecule has 1 N–H and O–H groups in total. The third kappa shape index (κ3) is 3.66. The Balaban J connectivity index is 2.02. The van der Waals surface area contributed by atoms with Crippen LogP contribution < -0.4 is 5.32 Å². The monoisotopic (exact) mass is 282 g/mol. The normalized spacial score (nSPS) is 22.5. The van der Waals surface area contributed by atoms with Gasteiger partial charge in [-0.2, -0.15) is 4.39 Å². The van der Waals surface area contributed by atoms with Gasteiger partial charge in [-0.25, -0.2) is 0 Å². The van der Waals surface area contributed by atoms with Crippen molar-refractivity contribution < 1.29 is 14.1 Å². The average molecular weight is 282 g/mol. The average Bonchev–Trinajstić information content (AvgIpc) is 2.41. The zero-order chi connectivity index (χ0) is 14.5. The lowest BCUT2D eigenvalue weighted by Gasteiger charge is -2.30. The van der Waals surface area contributed by atoms with Gasteiger partial charge < -0.3 is 10.1 Å². The van der Waals surface area contributed by atoms with Crippen molar-refractivity contribution in [3.8, 4) is 0 Å². The molecular formula is C14H19FN2O3. The first kappa shape index (κ1) is 14.7. The van der Waals surface area contributed by atoms with Crippen molar-refractivity contribution in [2.24, 2.45) is 0 Å². The second-order valence-electron chi connectivity index (χ2n) is 5.07. The first-order valence-corrected chi connectivity index (χ1v) is 6.92. The highest BCUT2D eigenvalue weighted by molar-refractivity contribution is 5.52. The molecule has 0 amide bonds. The fourth-order valence-corrected chi connectivity index (χ4v) is 2.51. The molecule has 110 valence electrons. The van der Waals surface area contributed by atoms with Gasteiger partial charge in [0.2, 0.25) is 5.82 Å². The molecule has 1 aliphatic rings. The summed E-state index contributed by atoms with van der Waals surface area (Å²) in [4.78, 5) is 10.0. The maximum atomic E-state index is 13.3. The van der Waals surface area contributed by atoms with E-state index in [0.717, 1.165) is 31.7 Å². The van der Waals surface area contributed by atoms with Crippen LogP contribution in [0.15, 0.2) is 18.2 Å². The third-order valence-corrected chi connectivity index (χ3v) is 3.49. The van der Waals surface area contributed by atoms with E-state index in [1.807, 2.05) is 0 Å². The van der Waals surface area contributed by atoms with Gasteiger partial charge in [-0.3, -0.25) is 10.1 Å². The molecule has 0 aliphatic carbocycles. The quantitative estimate of drug-likeness (QED) is 0.663. The van der Waals surface area contributed by atoms with Crippen LogP contribution in [0.1, 0.15) is 32.6 Å². The van der Waals surface area contributed by atoms with Crippen molar-refractivity contribution in [3.63, 3.8) is 0 Å². The number of nitrogens with zero attached hydrogens (tertiary/aromatic N) is 1. The van der Waals surface area contributed by atoms with Crippen LogP contribution in [0.5, 0.6) is 0 Å². The van der Waals surface area contributed by atoms with Crippen molar-refractivity contribution in [1.82, 2.24) is 0 Å². The fraction of sp³-hybridized carbons (Fsp3) is 0.571. The summed E-state index contributed by atoms with van der Waals surface area (Å²) in [6.07, 6.45) is 4.05. The Labute approximate surface area is 117 Å². The lowest BCUT2D eigenvalue weighted by Crippen LogP contribution is -2.34. The summed E-state index contributed by atoms with van der Waals surface area (Å²) in [5.41, 5.74) is 0.0902. The highest BCUT2D eigenvalue weighted by atomic mass is 19.1. The van der Waals surface area contributed by atoms with Crippen molar-refractivity contribution in [2.75, 3.05) is 11.9 Å². The number of nitro benzene ring substituents is 1. The van der Waals surface area contributed by atoms with Crippen molar-refractivity contribution in [1.29, 1.82) is 0 Å². The summed E-state index contributed by atoms with van der Waals surface area (Å²) in [6.45, 7) is 2.80. The van der Waals surface area contributed by atoms with Gasteiger partial charge in [-0.05, 0) is 31.4 Å². The van der Waals surface area contributed by atoms with Crippen LogP contribution in [0, 0.1) is 15.9 Å². The Morgan fingerprint density at radius 1 is 1.55 bits per heavy atom. The summed E-state index contributed by atoms with van der Waals surface area (Å²) in [5.74, 6) is -0.809. The second kappa shape index (κ2) is 6.65. The molecule has 0 bridgehead atoms. The van der Waals surface area contributed by atoms with Crippen LogP contribution in [0.2, 0.25) is 0 Å². The third-order valence-electron chi connectivity index (χ3n) is 3.49. The first-order chi connectivity index (χ1) is 9.60. The lowest BCUT2D eigenvalue weighted by atomic mass is 10.00. The van der Waals surface area contributed by atoms with Crippen LogP contribution >= 0.6 is 0 Å². The number of halogens is 1. The molecule has 2 rings (SSSR count). The largest absolute Gasteiger partial charge is 0.382 e. The molecule has 2 atom stereocenters. The van der Waals surface area contributed by atoms with Gasteiger partial charge in [-0.1, -0.05) is 13.3 Å². The summed E-state index contributed by atoms with van der Waals surface area (Å²) in [7, 11) is 0. The highest BCUT2D eigenvalue weighted by Gasteiger charge is 2.23. The number of nitro groups is 1. The van der Waals surface area contributed by atoms with Crippen LogP contribution in [-0.4, -0.2) is 23.7 Å². The summed E-state index contributed by atoms with van der Waals surface area (Å²) in [6, 6.07) is 4.13. The molecule has 1 fully saturated rings. The van der Waals surface area contributed by atoms with Crippen molar-refractivity contribution >= 4 is 11.4 Å². The predicted molar refractivity (Wildman–Crippen MR) is 74.3 cm³/mol. The second-order valence-corrected chi connectivity index (χ2v) is 5.07. The number of nitrogens with one attached hydrogen (secondary N) is 1. The lowest BCUT2D eigenvalue weighted by molar-refractivity contribution is -0.387. The predicted octanol–water partition coefficient (Wildman–Crippen LogP) is 3.49. The Kier molecular flexibility index (Phi) is 4.89. The summed E-state index contributed by atoms with van der Waals surface area (Å²) < 4.78 is 18.9. The Morgan fingerprint density at radius 3 is 3.05 bits per heavy atom. The van der Waals surface area contributed by atoms with Crippen molar-refractivity contribution in [3.05, 3.63) is 34.1 Å². The van der Waals surface area contributed by atoms with Crippen molar-refractivity contribution in [2.45, 2.75) is 44.8 Å². The number of ether oxygens (including phenoxy) is 1. The van der Waals surface area contributed by atoms with E-state index in [-0.39, 0.29) is 12.1 Å². The van der Waals surface area contributed by atoms with Crippen LogP contribution in [-0.2, 0) is 4.74 Å². The van der Waals surface area contributed by atoms with Gasteiger partial charge in [0.15, 0.2) is 0 Å². The van der Waals surface area contributed by atoms with Gasteiger partial charge in [0.1, 0.15) is 0 Å². The van der Waals surface area contributed by atoms with Crippen LogP contribution in [0.3, 0.4) is 0 Å². The molecule has 0 saturated carbocycles. The van der Waals surface area contributed by atoms with E-state index in [1.165, 1.54) is 12.1 Å². The molecule has 0 radical (unpaired) electrons. The minimum Gasteiger partial charge on any atom is -0.382 e. The number of benzene rings is 1. The summed E-state index contributed by atoms with van der Waals surface area (Å²) in [5, 5.41) is 14.0. The number of anilines is 1. The highest BCUT2D eigenvalue weighted by Crippen LogP contribution is 2.25. The standard InChI is InChI=1S/C14H19FN2O3/c1-2-3-12-8-11(6-7-20-12)16-10-4-5-13(15)14(9-10)17(18)19/h4-5,9,11-12,16H,2-3,6-8H2,1H3. The van der Waals surface area contributed by atoms with E-state index in [4.69, 9.17) is 4.74 Å². The fourth-order valence-electron chi connectivity index (χ4n) is 2.51. The first-order valence-electron chi connectivity index (χ1n) is 6.92. The molecule has 1 heterocycles. The van der Waals surface area contributed by atoms with E-state index >= 15 is 0 Å². The van der Waals surface area contributed by atoms with Gasteiger partial charge in [0, 0.05) is 24.4 Å². The van der Waals surface area contributed by atoms with Gasteiger partial charge in [-0.15, -0.1) is 0 Å². The number of rotatable bonds is 5. The molecule has 1 aliphatic heterocycles. The molecule has 0 aromatic heterocycles. The molecular weight excluding hydrogens is 263 g/mol. The van der Waals surface area contributed by atoms with E-state index < -0.39 is 16.4 Å². The minimum absolute atomic E-state index is 0.213. The topological polar surface area (TPSA) is 64.4 Å². The minimum atomic E-state index is -0.809. The van der Waals surface area contributed by atoms with Gasteiger partial charge in [0.25, 0.3) is 0 Å². The van der Waals surface area contributed by atoms with E-state index in [0.29, 0.717) is 12.3 Å². The smallest absolute Gasteiger partial charge is 0.306 e. The molecule has 1 saturated heterocycles. The molecule has 2 unspecified atom stereocenters. The van der Waals surface area contributed by atoms with Gasteiger partial charge >= 0.3 is 5.69 Å². The van der Waals surface area contributed by atoms with Gasteiger partial charge in [0.05, 0.1) is 11.0 Å². The molecule has 6 heteroatoms. The molecule has 5 nitrogen and oxygen atoms in total. The van der Waals surface area contributed by atoms with E-state index in [2.05, 4.69) is 12.2 Å².